The Balaban J connectivity index is 1.51. The third-order valence-electron chi connectivity index (χ3n) is 5.86. The SMILES string of the molecule is CCCCCCNc1nc(OC)nc(N2C[C@H]3C[C@@H](C2)c2cccc(=O)n2C3)n1. The number of piperidine rings is 1. The monoisotopic (exact) mass is 398 g/mol. The van der Waals surface area contributed by atoms with Crippen molar-refractivity contribution in [1.29, 1.82) is 0 Å². The van der Waals surface area contributed by atoms with Crippen LogP contribution in [0.4, 0.5) is 11.9 Å². The van der Waals surface area contributed by atoms with Gasteiger partial charge in [-0.15, -0.1) is 0 Å². The molecule has 8 heteroatoms. The van der Waals surface area contributed by atoms with E-state index in [1.165, 1.54) is 19.3 Å². The number of nitrogens with one attached hydrogen (secondary N) is 1. The quantitative estimate of drug-likeness (QED) is 0.684. The van der Waals surface area contributed by atoms with Gasteiger partial charge < -0.3 is 19.5 Å². The Labute approximate surface area is 171 Å². The van der Waals surface area contributed by atoms with Crippen molar-refractivity contribution in [2.24, 2.45) is 5.92 Å². The smallest absolute Gasteiger partial charge is 0.322 e. The number of hydrogen-bond donors (Lipinski definition) is 1. The van der Waals surface area contributed by atoms with Crippen LogP contribution in [0.1, 0.15) is 50.6 Å². The summed E-state index contributed by atoms with van der Waals surface area (Å²) in [7, 11) is 1.58. The van der Waals surface area contributed by atoms with E-state index in [1.54, 1.807) is 13.2 Å². The van der Waals surface area contributed by atoms with Gasteiger partial charge in [0.1, 0.15) is 0 Å². The van der Waals surface area contributed by atoms with Crippen molar-refractivity contribution in [3.05, 3.63) is 34.2 Å². The average molecular weight is 399 g/mol. The van der Waals surface area contributed by atoms with E-state index in [1.807, 2.05) is 10.6 Å². The molecule has 8 nitrogen and oxygen atoms in total. The number of methoxy groups -OCH3 is 1. The van der Waals surface area contributed by atoms with Crippen molar-refractivity contribution >= 4 is 11.9 Å². The second-order valence-corrected chi connectivity index (χ2v) is 8.04. The van der Waals surface area contributed by atoms with Gasteiger partial charge in [-0.25, -0.2) is 0 Å². The summed E-state index contributed by atoms with van der Waals surface area (Å²) in [6.07, 6.45) is 5.86. The van der Waals surface area contributed by atoms with E-state index in [0.717, 1.165) is 44.7 Å². The molecule has 0 amide bonds. The summed E-state index contributed by atoms with van der Waals surface area (Å²) >= 11 is 0. The predicted octanol–water partition coefficient (Wildman–Crippen LogP) is 2.66. The van der Waals surface area contributed by atoms with E-state index < -0.39 is 0 Å². The molecule has 2 atom stereocenters. The number of rotatable bonds is 8. The molecule has 29 heavy (non-hydrogen) atoms. The summed E-state index contributed by atoms with van der Waals surface area (Å²) in [5.74, 6) is 1.93. The lowest BCUT2D eigenvalue weighted by Crippen LogP contribution is -2.47. The number of nitrogens with zero attached hydrogens (tertiary/aromatic N) is 5. The van der Waals surface area contributed by atoms with E-state index in [-0.39, 0.29) is 5.56 Å². The summed E-state index contributed by atoms with van der Waals surface area (Å²) in [4.78, 5) is 28.0. The summed E-state index contributed by atoms with van der Waals surface area (Å²) in [6, 6.07) is 5.92. The normalized spacial score (nSPS) is 20.3. The zero-order valence-corrected chi connectivity index (χ0v) is 17.3. The molecule has 4 rings (SSSR count). The third kappa shape index (κ3) is 4.36. The lowest BCUT2D eigenvalue weighted by atomic mass is 9.83. The summed E-state index contributed by atoms with van der Waals surface area (Å²) < 4.78 is 7.26. The van der Waals surface area contributed by atoms with Crippen LogP contribution in [0.3, 0.4) is 0 Å². The molecule has 2 aromatic rings. The first-order chi connectivity index (χ1) is 14.2. The standard InChI is InChI=1S/C21H30N6O2/c1-3-4-5-6-10-22-19-23-20(25-21(24-19)29-2)26-12-15-11-16(14-26)17-8-7-9-18(28)27(17)13-15/h7-9,15-16H,3-6,10-14H2,1-2H3,(H,22,23,24,25)/t15-,16+/m1/s1. The number of fused-ring (bicyclic) bond motifs is 4. The highest BCUT2D eigenvalue weighted by Gasteiger charge is 2.35. The van der Waals surface area contributed by atoms with Crippen LogP contribution >= 0.6 is 0 Å². The van der Waals surface area contributed by atoms with Gasteiger partial charge in [0.05, 0.1) is 7.11 Å². The fourth-order valence-electron chi connectivity index (χ4n) is 4.47. The molecule has 0 aliphatic carbocycles. The maximum absolute atomic E-state index is 12.2. The molecule has 156 valence electrons. The van der Waals surface area contributed by atoms with Crippen molar-refractivity contribution in [2.45, 2.75) is 51.5 Å². The molecular weight excluding hydrogens is 368 g/mol. The largest absolute Gasteiger partial charge is 0.467 e. The first-order valence-corrected chi connectivity index (χ1v) is 10.7. The lowest BCUT2D eigenvalue weighted by molar-refractivity contribution is 0.279. The third-order valence-corrected chi connectivity index (χ3v) is 5.86. The minimum absolute atomic E-state index is 0.0991. The highest BCUT2D eigenvalue weighted by molar-refractivity contribution is 5.40. The maximum atomic E-state index is 12.2. The van der Waals surface area contributed by atoms with Crippen LogP contribution in [0.5, 0.6) is 6.01 Å². The zero-order chi connectivity index (χ0) is 20.2. The van der Waals surface area contributed by atoms with Crippen LogP contribution in [0, 0.1) is 5.92 Å². The molecule has 1 fully saturated rings. The summed E-state index contributed by atoms with van der Waals surface area (Å²) in [6.45, 7) is 5.43. The van der Waals surface area contributed by atoms with Crippen molar-refractivity contribution in [3.8, 4) is 6.01 Å². The Hall–Kier alpha value is -2.64. The van der Waals surface area contributed by atoms with Crippen LogP contribution in [0.2, 0.25) is 0 Å². The van der Waals surface area contributed by atoms with E-state index in [0.29, 0.717) is 29.7 Å². The molecule has 0 unspecified atom stereocenters. The summed E-state index contributed by atoms with van der Waals surface area (Å²) in [5.41, 5.74) is 1.22. The molecule has 2 aliphatic rings. The van der Waals surface area contributed by atoms with Gasteiger partial charge in [0.15, 0.2) is 0 Å². The Morgan fingerprint density at radius 2 is 2.03 bits per heavy atom. The van der Waals surface area contributed by atoms with Crippen molar-refractivity contribution < 1.29 is 4.74 Å². The molecule has 1 N–H and O–H groups in total. The first-order valence-electron chi connectivity index (χ1n) is 10.7. The van der Waals surface area contributed by atoms with Crippen LogP contribution in [0.25, 0.3) is 0 Å². The minimum Gasteiger partial charge on any atom is -0.467 e. The van der Waals surface area contributed by atoms with Gasteiger partial charge in [-0.3, -0.25) is 4.79 Å². The Morgan fingerprint density at radius 3 is 2.86 bits per heavy atom. The Bertz CT molecular complexity index is 899. The highest BCUT2D eigenvalue weighted by Crippen LogP contribution is 2.36. The first kappa shape index (κ1) is 19.7. The lowest BCUT2D eigenvalue weighted by Gasteiger charge is -2.42. The summed E-state index contributed by atoms with van der Waals surface area (Å²) in [5, 5.41) is 3.32. The molecule has 0 aromatic carbocycles. The van der Waals surface area contributed by atoms with E-state index in [2.05, 4.69) is 38.2 Å². The molecule has 0 saturated carbocycles. The van der Waals surface area contributed by atoms with E-state index >= 15 is 0 Å². The van der Waals surface area contributed by atoms with Crippen LogP contribution < -0.4 is 20.5 Å². The number of aromatic nitrogens is 4. The van der Waals surface area contributed by atoms with Gasteiger partial charge in [-0.1, -0.05) is 32.3 Å². The van der Waals surface area contributed by atoms with Gasteiger partial charge in [0.25, 0.3) is 5.56 Å². The Morgan fingerprint density at radius 1 is 1.14 bits per heavy atom. The van der Waals surface area contributed by atoms with Crippen molar-refractivity contribution in [3.63, 3.8) is 0 Å². The molecular formula is C21H30N6O2. The number of pyridine rings is 1. The van der Waals surface area contributed by atoms with Gasteiger partial charge in [-0.05, 0) is 24.8 Å². The number of ether oxygens (including phenoxy) is 1. The highest BCUT2D eigenvalue weighted by atomic mass is 16.5. The van der Waals surface area contributed by atoms with Gasteiger partial charge in [0.2, 0.25) is 11.9 Å². The maximum Gasteiger partial charge on any atom is 0.322 e. The molecule has 4 heterocycles. The number of hydrogen-bond acceptors (Lipinski definition) is 7. The zero-order valence-electron chi connectivity index (χ0n) is 17.3. The molecule has 2 aromatic heterocycles. The molecule has 1 saturated heterocycles. The fraction of sp³-hybridized carbons (Fsp3) is 0.619. The number of unbranched alkanes of at least 4 members (excludes halogenated alkanes) is 3. The second-order valence-electron chi connectivity index (χ2n) is 8.04. The number of anilines is 2. The Kier molecular flexibility index (Phi) is 5.97. The average Bonchev–Trinajstić information content (AvgIpc) is 2.74. The second kappa shape index (κ2) is 8.80. The van der Waals surface area contributed by atoms with E-state index in [9.17, 15) is 4.79 Å². The molecule has 2 aliphatic heterocycles. The topological polar surface area (TPSA) is 85.2 Å². The van der Waals surface area contributed by atoms with Gasteiger partial charge in [-0.2, -0.15) is 15.0 Å². The molecule has 0 spiro atoms. The van der Waals surface area contributed by atoms with E-state index in [4.69, 9.17) is 4.74 Å². The molecule has 0 radical (unpaired) electrons. The van der Waals surface area contributed by atoms with Crippen LogP contribution in [0.15, 0.2) is 23.0 Å². The predicted molar refractivity (Wildman–Crippen MR) is 113 cm³/mol. The molecule has 2 bridgehead atoms. The van der Waals surface area contributed by atoms with Crippen LogP contribution in [-0.2, 0) is 6.54 Å². The van der Waals surface area contributed by atoms with Crippen molar-refractivity contribution in [2.75, 3.05) is 37.0 Å². The van der Waals surface area contributed by atoms with Crippen molar-refractivity contribution in [1.82, 2.24) is 19.5 Å². The van der Waals surface area contributed by atoms with Gasteiger partial charge >= 0.3 is 6.01 Å². The van der Waals surface area contributed by atoms with Gasteiger partial charge in [0, 0.05) is 43.9 Å². The van der Waals surface area contributed by atoms with Crippen LogP contribution in [-0.4, -0.2) is 46.3 Å². The fourth-order valence-corrected chi connectivity index (χ4v) is 4.47. The minimum atomic E-state index is 0.0991.